The summed E-state index contributed by atoms with van der Waals surface area (Å²) >= 11 is 0. The van der Waals surface area contributed by atoms with Crippen LogP contribution in [0.4, 0.5) is 0 Å². The van der Waals surface area contributed by atoms with Crippen molar-refractivity contribution >= 4 is 5.91 Å². The van der Waals surface area contributed by atoms with Crippen molar-refractivity contribution < 1.29 is 4.79 Å². The Morgan fingerprint density at radius 2 is 2.19 bits per heavy atom. The van der Waals surface area contributed by atoms with Crippen molar-refractivity contribution in [3.8, 4) is 0 Å². The first-order chi connectivity index (χ1) is 12.5. The first-order valence-corrected chi connectivity index (χ1v) is 9.41. The van der Waals surface area contributed by atoms with Gasteiger partial charge in [0.15, 0.2) is 0 Å². The first-order valence-electron chi connectivity index (χ1n) is 9.41. The summed E-state index contributed by atoms with van der Waals surface area (Å²) in [6, 6.07) is 1.87. The third kappa shape index (κ3) is 4.15. The topological polar surface area (TPSA) is 59.2 Å². The SMILES string of the molecule is Cc1cc(C(=O)N2CCC[C@H](c3nccn3CCCN(C)C)C2)n(C)n1. The quantitative estimate of drug-likeness (QED) is 0.791. The highest BCUT2D eigenvalue weighted by Crippen LogP contribution is 2.27. The molecule has 1 aliphatic heterocycles. The second kappa shape index (κ2) is 8.03. The molecule has 3 heterocycles. The minimum Gasteiger partial charge on any atom is -0.337 e. The fraction of sp³-hybridized carbons (Fsp3) is 0.632. The Labute approximate surface area is 155 Å². The standard InChI is InChI=1S/C19H30N6O/c1-15-13-17(23(4)21-15)19(26)25-10-5-7-16(14-25)18-20-8-12-24(18)11-6-9-22(2)3/h8,12-13,16H,5-7,9-11,14H2,1-4H3/t16-/m0/s1. The number of nitrogens with zero attached hydrogens (tertiary/aromatic N) is 6. The molecule has 1 saturated heterocycles. The lowest BCUT2D eigenvalue weighted by Crippen LogP contribution is -2.40. The van der Waals surface area contributed by atoms with Crippen LogP contribution in [-0.2, 0) is 13.6 Å². The number of imidazole rings is 1. The summed E-state index contributed by atoms with van der Waals surface area (Å²) in [7, 11) is 6.03. The van der Waals surface area contributed by atoms with Gasteiger partial charge in [-0.1, -0.05) is 0 Å². The van der Waals surface area contributed by atoms with E-state index in [-0.39, 0.29) is 5.91 Å². The zero-order valence-corrected chi connectivity index (χ0v) is 16.4. The molecule has 0 bridgehead atoms. The Kier molecular flexibility index (Phi) is 5.76. The highest BCUT2D eigenvalue weighted by atomic mass is 16.2. The number of carbonyl (C=O) groups excluding carboxylic acids is 1. The van der Waals surface area contributed by atoms with Crippen molar-refractivity contribution in [3.05, 3.63) is 35.7 Å². The van der Waals surface area contributed by atoms with Crippen LogP contribution in [0.2, 0.25) is 0 Å². The average molecular weight is 358 g/mol. The van der Waals surface area contributed by atoms with Gasteiger partial charge in [-0.15, -0.1) is 0 Å². The van der Waals surface area contributed by atoms with E-state index in [9.17, 15) is 4.79 Å². The van der Waals surface area contributed by atoms with E-state index in [1.165, 1.54) is 0 Å². The maximum absolute atomic E-state index is 12.9. The molecule has 0 aromatic carbocycles. The molecule has 142 valence electrons. The van der Waals surface area contributed by atoms with Crippen molar-refractivity contribution in [3.63, 3.8) is 0 Å². The smallest absolute Gasteiger partial charge is 0.272 e. The third-order valence-corrected chi connectivity index (χ3v) is 5.05. The van der Waals surface area contributed by atoms with E-state index in [0.29, 0.717) is 11.6 Å². The van der Waals surface area contributed by atoms with Crippen LogP contribution in [-0.4, -0.2) is 68.8 Å². The van der Waals surface area contributed by atoms with E-state index >= 15 is 0 Å². The summed E-state index contributed by atoms with van der Waals surface area (Å²) in [6.45, 7) is 5.49. The lowest BCUT2D eigenvalue weighted by Gasteiger charge is -2.32. The van der Waals surface area contributed by atoms with Crippen molar-refractivity contribution in [2.75, 3.05) is 33.7 Å². The largest absolute Gasteiger partial charge is 0.337 e. The molecule has 1 aliphatic rings. The number of rotatable bonds is 6. The molecule has 7 heteroatoms. The predicted molar refractivity (Wildman–Crippen MR) is 101 cm³/mol. The second-order valence-corrected chi connectivity index (χ2v) is 7.52. The molecular weight excluding hydrogens is 328 g/mol. The summed E-state index contributed by atoms with van der Waals surface area (Å²) < 4.78 is 3.94. The van der Waals surface area contributed by atoms with Crippen LogP contribution < -0.4 is 0 Å². The Balaban J connectivity index is 1.68. The fourth-order valence-electron chi connectivity index (χ4n) is 3.77. The second-order valence-electron chi connectivity index (χ2n) is 7.52. The zero-order valence-electron chi connectivity index (χ0n) is 16.4. The Morgan fingerprint density at radius 3 is 2.88 bits per heavy atom. The molecule has 0 radical (unpaired) electrons. The summed E-state index contributed by atoms with van der Waals surface area (Å²) in [5.41, 5.74) is 1.54. The molecular formula is C19H30N6O. The minimum absolute atomic E-state index is 0.0727. The van der Waals surface area contributed by atoms with Gasteiger partial charge >= 0.3 is 0 Å². The summed E-state index contributed by atoms with van der Waals surface area (Å²) in [5.74, 6) is 1.49. The lowest BCUT2D eigenvalue weighted by atomic mass is 9.96. The molecule has 3 rings (SSSR count). The number of likely N-dealkylation sites (tertiary alicyclic amines) is 1. The van der Waals surface area contributed by atoms with E-state index in [2.05, 4.69) is 39.8 Å². The minimum atomic E-state index is 0.0727. The van der Waals surface area contributed by atoms with Gasteiger partial charge in [-0.2, -0.15) is 5.10 Å². The number of hydrogen-bond donors (Lipinski definition) is 0. The van der Waals surface area contributed by atoms with Crippen LogP contribution in [0.25, 0.3) is 0 Å². The Morgan fingerprint density at radius 1 is 1.38 bits per heavy atom. The maximum Gasteiger partial charge on any atom is 0.272 e. The molecule has 2 aromatic heterocycles. The normalized spacial score (nSPS) is 17.9. The van der Waals surface area contributed by atoms with E-state index in [4.69, 9.17) is 0 Å². The predicted octanol–water partition coefficient (Wildman–Crippen LogP) is 1.90. The highest BCUT2D eigenvalue weighted by Gasteiger charge is 2.29. The number of piperidine rings is 1. The zero-order chi connectivity index (χ0) is 18.7. The van der Waals surface area contributed by atoms with Gasteiger partial charge in [-0.25, -0.2) is 4.98 Å². The van der Waals surface area contributed by atoms with Crippen LogP contribution in [0.15, 0.2) is 18.5 Å². The lowest BCUT2D eigenvalue weighted by molar-refractivity contribution is 0.0692. The molecule has 2 aromatic rings. The van der Waals surface area contributed by atoms with Crippen LogP contribution >= 0.6 is 0 Å². The highest BCUT2D eigenvalue weighted by molar-refractivity contribution is 5.92. The van der Waals surface area contributed by atoms with Gasteiger partial charge in [-0.05, 0) is 52.9 Å². The summed E-state index contributed by atoms with van der Waals surface area (Å²) in [5, 5.41) is 4.31. The number of carbonyl (C=O) groups is 1. The average Bonchev–Trinajstić information content (AvgIpc) is 3.20. The van der Waals surface area contributed by atoms with Crippen molar-refractivity contribution in [1.29, 1.82) is 0 Å². The molecule has 1 fully saturated rings. The molecule has 0 unspecified atom stereocenters. The third-order valence-electron chi connectivity index (χ3n) is 5.05. The molecule has 0 N–H and O–H groups in total. The molecule has 7 nitrogen and oxygen atoms in total. The monoisotopic (exact) mass is 358 g/mol. The van der Waals surface area contributed by atoms with Crippen LogP contribution in [0.1, 0.15) is 47.2 Å². The molecule has 1 amide bonds. The summed E-state index contributed by atoms with van der Waals surface area (Å²) in [4.78, 5) is 21.7. The molecule has 26 heavy (non-hydrogen) atoms. The number of amides is 1. The van der Waals surface area contributed by atoms with E-state index in [0.717, 1.165) is 57.0 Å². The Hall–Kier alpha value is -2.15. The first kappa shape index (κ1) is 18.6. The van der Waals surface area contributed by atoms with Gasteiger partial charge in [0, 0.05) is 45.0 Å². The van der Waals surface area contributed by atoms with Crippen LogP contribution in [0.3, 0.4) is 0 Å². The van der Waals surface area contributed by atoms with Crippen molar-refractivity contribution in [1.82, 2.24) is 29.1 Å². The number of aryl methyl sites for hydroxylation is 3. The van der Waals surface area contributed by atoms with Crippen LogP contribution in [0, 0.1) is 6.92 Å². The van der Waals surface area contributed by atoms with Gasteiger partial charge in [0.05, 0.1) is 5.69 Å². The van der Waals surface area contributed by atoms with Gasteiger partial charge in [0.2, 0.25) is 0 Å². The Bertz CT molecular complexity index is 747. The van der Waals surface area contributed by atoms with Gasteiger partial charge in [0.25, 0.3) is 5.91 Å². The molecule has 0 spiro atoms. The fourth-order valence-corrected chi connectivity index (χ4v) is 3.77. The number of aromatic nitrogens is 4. The van der Waals surface area contributed by atoms with Gasteiger partial charge < -0.3 is 14.4 Å². The summed E-state index contributed by atoms with van der Waals surface area (Å²) in [6.07, 6.45) is 7.14. The van der Waals surface area contributed by atoms with Gasteiger partial charge in [0.1, 0.15) is 11.5 Å². The van der Waals surface area contributed by atoms with E-state index in [1.807, 2.05) is 31.1 Å². The van der Waals surface area contributed by atoms with Gasteiger partial charge in [-0.3, -0.25) is 9.48 Å². The van der Waals surface area contributed by atoms with Crippen molar-refractivity contribution in [2.45, 2.75) is 38.6 Å². The van der Waals surface area contributed by atoms with E-state index in [1.54, 1.807) is 4.68 Å². The number of hydrogen-bond acceptors (Lipinski definition) is 4. The molecule has 0 saturated carbocycles. The van der Waals surface area contributed by atoms with Crippen LogP contribution in [0.5, 0.6) is 0 Å². The van der Waals surface area contributed by atoms with E-state index < -0.39 is 0 Å². The molecule has 0 aliphatic carbocycles. The maximum atomic E-state index is 12.9. The van der Waals surface area contributed by atoms with Crippen molar-refractivity contribution in [2.24, 2.45) is 7.05 Å². The molecule has 1 atom stereocenters.